The van der Waals surface area contributed by atoms with Gasteiger partial charge in [0, 0.05) is 34.3 Å². The number of hydrogen-bond acceptors (Lipinski definition) is 7. The maximum atomic E-state index is 13.8. The van der Waals surface area contributed by atoms with Crippen LogP contribution in [0.1, 0.15) is 46.3 Å². The highest BCUT2D eigenvalue weighted by Crippen LogP contribution is 2.47. The van der Waals surface area contributed by atoms with Gasteiger partial charge in [0.05, 0.1) is 28.9 Å². The van der Waals surface area contributed by atoms with E-state index in [1.807, 2.05) is 18.0 Å². The number of anilines is 1. The van der Waals surface area contributed by atoms with Gasteiger partial charge in [-0.3, -0.25) is 14.5 Å². The molecule has 34 heavy (non-hydrogen) atoms. The Hall–Kier alpha value is -2.33. The van der Waals surface area contributed by atoms with E-state index < -0.39 is 0 Å². The molecule has 1 saturated carbocycles. The first kappa shape index (κ1) is 22.2. The van der Waals surface area contributed by atoms with E-state index in [2.05, 4.69) is 47.5 Å². The minimum Gasteiger partial charge on any atom is -0.493 e. The topological polar surface area (TPSA) is 57.7 Å². The zero-order chi connectivity index (χ0) is 23.4. The van der Waals surface area contributed by atoms with Crippen LogP contribution in [0.25, 0.3) is 5.70 Å². The SMILES string of the molecule is C=C1c2cc(SNC3(C)CC3)sc2N(Cc2ccc3c(c2)OCC3)C(=O)N1Cc1cnc(C)s1. The second-order valence-corrected chi connectivity index (χ2v) is 12.8. The third-order valence-electron chi connectivity index (χ3n) is 6.52. The molecule has 1 fully saturated rings. The standard InChI is InChI=1S/C25H26N4O2S3/c1-15-20-11-22(34-27-25(3)7-8-25)33-23(20)29(13-17-4-5-18-6-9-31-21(18)10-17)24(30)28(15)14-19-12-26-16(2)32-19/h4-5,10-12,27H,1,6-9,13-14H2,2-3H3. The Kier molecular flexibility index (Phi) is 5.48. The van der Waals surface area contributed by atoms with Crippen LogP contribution in [0.3, 0.4) is 0 Å². The number of nitrogens with zero attached hydrogens (tertiary/aromatic N) is 3. The third-order valence-corrected chi connectivity index (χ3v) is 9.78. The van der Waals surface area contributed by atoms with E-state index in [4.69, 9.17) is 4.74 Å². The molecule has 9 heteroatoms. The maximum Gasteiger partial charge on any atom is 0.330 e. The minimum absolute atomic E-state index is 0.0505. The fourth-order valence-electron chi connectivity index (χ4n) is 4.20. The summed E-state index contributed by atoms with van der Waals surface area (Å²) >= 11 is 4.93. The number of ether oxygens (including phenoxy) is 1. The van der Waals surface area contributed by atoms with Gasteiger partial charge in [-0.2, -0.15) is 0 Å². The maximum absolute atomic E-state index is 13.8. The zero-order valence-electron chi connectivity index (χ0n) is 19.2. The van der Waals surface area contributed by atoms with Crippen molar-refractivity contribution in [3.8, 4) is 5.75 Å². The molecule has 2 amide bonds. The Balaban J connectivity index is 1.33. The summed E-state index contributed by atoms with van der Waals surface area (Å²) in [7, 11) is 0. The first-order chi connectivity index (χ1) is 16.4. The van der Waals surface area contributed by atoms with Gasteiger partial charge in [-0.1, -0.05) is 18.7 Å². The molecular formula is C25H26N4O2S3. The van der Waals surface area contributed by atoms with Gasteiger partial charge in [0.25, 0.3) is 0 Å². The number of rotatable bonds is 7. The number of benzene rings is 1. The van der Waals surface area contributed by atoms with Crippen LogP contribution in [0.5, 0.6) is 5.75 Å². The van der Waals surface area contributed by atoms with Crippen molar-refractivity contribution in [3.63, 3.8) is 0 Å². The Bertz CT molecular complexity index is 1290. The van der Waals surface area contributed by atoms with Crippen LogP contribution in [0.15, 0.2) is 41.3 Å². The van der Waals surface area contributed by atoms with Crippen LogP contribution in [-0.2, 0) is 19.5 Å². The normalized spacial score (nSPS) is 18.2. The molecule has 6 rings (SSSR count). The molecule has 0 unspecified atom stereocenters. The monoisotopic (exact) mass is 510 g/mol. The van der Waals surface area contributed by atoms with E-state index in [0.29, 0.717) is 13.1 Å². The fraction of sp³-hybridized carbons (Fsp3) is 0.360. The van der Waals surface area contributed by atoms with Crippen LogP contribution in [-0.4, -0.2) is 28.1 Å². The Morgan fingerprint density at radius 2 is 2.09 bits per heavy atom. The lowest BCUT2D eigenvalue weighted by atomic mass is 10.1. The van der Waals surface area contributed by atoms with Crippen LogP contribution < -0.4 is 14.4 Å². The van der Waals surface area contributed by atoms with Gasteiger partial charge in [0.2, 0.25) is 0 Å². The highest BCUT2D eigenvalue weighted by Gasteiger charge is 2.39. The van der Waals surface area contributed by atoms with Crippen molar-refractivity contribution in [2.45, 2.75) is 55.9 Å². The largest absolute Gasteiger partial charge is 0.493 e. The minimum atomic E-state index is -0.0505. The van der Waals surface area contributed by atoms with Crippen LogP contribution in [0.4, 0.5) is 9.80 Å². The molecule has 0 spiro atoms. The van der Waals surface area contributed by atoms with E-state index in [9.17, 15) is 4.79 Å². The zero-order valence-corrected chi connectivity index (χ0v) is 21.7. The molecule has 0 atom stereocenters. The van der Waals surface area contributed by atoms with E-state index >= 15 is 0 Å². The summed E-state index contributed by atoms with van der Waals surface area (Å²) in [4.78, 5) is 22.9. The quantitative estimate of drug-likeness (QED) is 0.383. The smallest absolute Gasteiger partial charge is 0.330 e. The average molecular weight is 511 g/mol. The number of thiophene rings is 1. The van der Waals surface area contributed by atoms with Crippen LogP contribution in [0.2, 0.25) is 0 Å². The van der Waals surface area contributed by atoms with Crippen molar-refractivity contribution in [2.75, 3.05) is 11.5 Å². The highest BCUT2D eigenvalue weighted by molar-refractivity contribution is 7.99. The molecule has 1 aliphatic carbocycles. The summed E-state index contributed by atoms with van der Waals surface area (Å²) in [6, 6.07) is 8.43. The van der Waals surface area contributed by atoms with Gasteiger partial charge in [-0.05, 0) is 61.9 Å². The number of nitrogens with one attached hydrogen (secondary N) is 1. The second-order valence-electron chi connectivity index (χ2n) is 9.34. The predicted octanol–water partition coefficient (Wildman–Crippen LogP) is 6.21. The molecule has 176 valence electrons. The van der Waals surface area contributed by atoms with Crippen molar-refractivity contribution >= 4 is 51.4 Å². The molecule has 0 saturated heterocycles. The van der Waals surface area contributed by atoms with Crippen LogP contribution in [0, 0.1) is 6.92 Å². The van der Waals surface area contributed by atoms with Crippen LogP contribution >= 0.6 is 34.6 Å². The molecule has 3 aliphatic rings. The number of aromatic nitrogens is 1. The molecule has 0 bridgehead atoms. The Morgan fingerprint density at radius 1 is 1.24 bits per heavy atom. The number of thiazole rings is 1. The Morgan fingerprint density at radius 3 is 2.85 bits per heavy atom. The van der Waals surface area contributed by atoms with E-state index in [1.165, 1.54) is 18.4 Å². The molecule has 6 nitrogen and oxygen atoms in total. The lowest BCUT2D eigenvalue weighted by molar-refractivity contribution is 0.222. The van der Waals surface area contributed by atoms with Crippen molar-refractivity contribution in [2.24, 2.45) is 0 Å². The summed E-state index contributed by atoms with van der Waals surface area (Å²) < 4.78 is 10.5. The molecule has 4 heterocycles. The summed E-state index contributed by atoms with van der Waals surface area (Å²) in [5.74, 6) is 0.938. The molecule has 1 aromatic carbocycles. The highest BCUT2D eigenvalue weighted by atomic mass is 32.2. The predicted molar refractivity (Wildman–Crippen MR) is 140 cm³/mol. The van der Waals surface area contributed by atoms with E-state index in [1.54, 1.807) is 39.5 Å². The number of carbonyl (C=O) groups excluding carboxylic acids is 1. The first-order valence-electron chi connectivity index (χ1n) is 11.4. The average Bonchev–Trinajstić information content (AvgIpc) is 3.21. The summed E-state index contributed by atoms with van der Waals surface area (Å²) in [5.41, 5.74) is 4.29. The molecule has 2 aromatic heterocycles. The molecule has 3 aromatic rings. The first-order valence-corrected chi connectivity index (χ1v) is 13.9. The van der Waals surface area contributed by atoms with Gasteiger partial charge in [0.15, 0.2) is 0 Å². The lowest BCUT2D eigenvalue weighted by Crippen LogP contribution is -2.44. The van der Waals surface area contributed by atoms with Gasteiger partial charge in [-0.15, -0.1) is 22.7 Å². The third kappa shape index (κ3) is 4.15. The van der Waals surface area contributed by atoms with Crippen molar-refractivity contribution in [3.05, 3.63) is 63.6 Å². The van der Waals surface area contributed by atoms with Gasteiger partial charge in [-0.25, -0.2) is 9.78 Å². The van der Waals surface area contributed by atoms with Gasteiger partial charge < -0.3 is 4.74 Å². The number of carbonyl (C=O) groups is 1. The second kappa shape index (κ2) is 8.41. The van der Waals surface area contributed by atoms with Gasteiger partial charge >= 0.3 is 6.03 Å². The molecule has 1 N–H and O–H groups in total. The number of urea groups is 1. The number of aryl methyl sites for hydroxylation is 1. The summed E-state index contributed by atoms with van der Waals surface area (Å²) in [6.45, 7) is 10.3. The van der Waals surface area contributed by atoms with Gasteiger partial charge in [0.1, 0.15) is 10.8 Å². The summed E-state index contributed by atoms with van der Waals surface area (Å²) in [5, 5.41) is 1.95. The number of fused-ring (bicyclic) bond motifs is 2. The Labute approximate surface area is 211 Å². The molecule has 0 radical (unpaired) electrons. The van der Waals surface area contributed by atoms with Crippen molar-refractivity contribution in [1.29, 1.82) is 0 Å². The molecule has 2 aliphatic heterocycles. The summed E-state index contributed by atoms with van der Waals surface area (Å²) in [6.07, 6.45) is 5.20. The van der Waals surface area contributed by atoms with E-state index in [0.717, 1.165) is 54.7 Å². The number of amides is 2. The lowest BCUT2D eigenvalue weighted by Gasteiger charge is -2.36. The van der Waals surface area contributed by atoms with E-state index in [-0.39, 0.29) is 11.6 Å². The fourth-order valence-corrected chi connectivity index (χ4v) is 7.15. The number of hydrogen-bond donors (Lipinski definition) is 1. The molecular weight excluding hydrogens is 485 g/mol. The van der Waals surface area contributed by atoms with Crippen molar-refractivity contribution in [1.82, 2.24) is 14.6 Å². The van der Waals surface area contributed by atoms with Crippen molar-refractivity contribution < 1.29 is 9.53 Å².